The van der Waals surface area contributed by atoms with Gasteiger partial charge < -0.3 is 10.6 Å². The molecular weight excluding hydrogens is 260 g/mol. The van der Waals surface area contributed by atoms with Gasteiger partial charge in [-0.3, -0.25) is 4.79 Å². The van der Waals surface area contributed by atoms with E-state index in [1.807, 2.05) is 6.07 Å². The summed E-state index contributed by atoms with van der Waals surface area (Å²) in [5.74, 6) is 0.221. The molecule has 1 aliphatic rings. The Balaban J connectivity index is 2.00. The second-order valence-electron chi connectivity index (χ2n) is 6.89. The van der Waals surface area contributed by atoms with E-state index in [9.17, 15) is 4.79 Å². The van der Waals surface area contributed by atoms with E-state index in [1.165, 1.54) is 5.56 Å². The van der Waals surface area contributed by atoms with Crippen LogP contribution in [-0.2, 0) is 10.2 Å². The Morgan fingerprint density at radius 2 is 2.05 bits per heavy atom. The molecular formula is C18H28N2O. The Kier molecular flexibility index (Phi) is 5.04. The average molecular weight is 288 g/mol. The molecule has 1 heterocycles. The Labute approximate surface area is 128 Å². The monoisotopic (exact) mass is 288 g/mol. The third-order valence-electron chi connectivity index (χ3n) is 4.70. The summed E-state index contributed by atoms with van der Waals surface area (Å²) in [7, 11) is 0. The van der Waals surface area contributed by atoms with Gasteiger partial charge in [-0.2, -0.15) is 0 Å². The maximum atomic E-state index is 12.7. The second kappa shape index (κ2) is 6.61. The topological polar surface area (TPSA) is 41.1 Å². The zero-order chi connectivity index (χ0) is 15.3. The quantitative estimate of drug-likeness (QED) is 0.845. The van der Waals surface area contributed by atoms with E-state index in [4.69, 9.17) is 0 Å². The predicted octanol–water partition coefficient (Wildman–Crippen LogP) is 2.86. The van der Waals surface area contributed by atoms with Crippen molar-refractivity contribution in [2.24, 2.45) is 5.41 Å². The minimum Gasteiger partial charge on any atom is -0.355 e. The highest BCUT2D eigenvalue weighted by molar-refractivity contribution is 5.83. The molecule has 0 spiro atoms. The highest BCUT2D eigenvalue weighted by atomic mass is 16.2. The lowest BCUT2D eigenvalue weighted by Gasteiger charge is -2.31. The van der Waals surface area contributed by atoms with E-state index in [0.717, 1.165) is 32.4 Å². The molecule has 2 N–H and O–H groups in total. The number of hydrogen-bond donors (Lipinski definition) is 2. The van der Waals surface area contributed by atoms with Crippen LogP contribution < -0.4 is 10.6 Å². The van der Waals surface area contributed by atoms with Gasteiger partial charge in [-0.15, -0.1) is 0 Å². The molecule has 3 nitrogen and oxygen atoms in total. The molecule has 0 saturated carbocycles. The minimum atomic E-state index is -0.193. The van der Waals surface area contributed by atoms with Crippen LogP contribution >= 0.6 is 0 Å². The van der Waals surface area contributed by atoms with Crippen molar-refractivity contribution in [3.63, 3.8) is 0 Å². The number of carbonyl (C=O) groups excluding carboxylic acids is 1. The first-order chi connectivity index (χ1) is 10.0. The molecule has 1 amide bonds. The van der Waals surface area contributed by atoms with Crippen molar-refractivity contribution >= 4 is 5.91 Å². The highest BCUT2D eigenvalue weighted by Crippen LogP contribution is 2.32. The van der Waals surface area contributed by atoms with Gasteiger partial charge >= 0.3 is 0 Å². The lowest BCUT2D eigenvalue weighted by atomic mass is 9.80. The van der Waals surface area contributed by atoms with E-state index >= 15 is 0 Å². The van der Waals surface area contributed by atoms with Crippen LogP contribution in [0.3, 0.4) is 0 Å². The van der Waals surface area contributed by atoms with Crippen molar-refractivity contribution < 1.29 is 4.79 Å². The Morgan fingerprint density at radius 3 is 2.62 bits per heavy atom. The van der Waals surface area contributed by atoms with Crippen molar-refractivity contribution in [3.8, 4) is 0 Å². The smallest absolute Gasteiger partial charge is 0.227 e. The fourth-order valence-corrected chi connectivity index (χ4v) is 3.22. The number of hydrogen-bond acceptors (Lipinski definition) is 2. The SMILES string of the molecule is CCCC1(C(=O)NCC(C)(C)c2ccccc2)CCNC1. The number of nitrogens with one attached hydrogen (secondary N) is 2. The van der Waals surface area contributed by atoms with Crippen LogP contribution in [-0.4, -0.2) is 25.5 Å². The number of amides is 1. The van der Waals surface area contributed by atoms with Crippen LogP contribution in [0.1, 0.15) is 45.6 Å². The molecule has 116 valence electrons. The van der Waals surface area contributed by atoms with Crippen molar-refractivity contribution in [1.82, 2.24) is 10.6 Å². The molecule has 1 fully saturated rings. The van der Waals surface area contributed by atoms with E-state index in [0.29, 0.717) is 6.54 Å². The van der Waals surface area contributed by atoms with Crippen LogP contribution in [0.25, 0.3) is 0 Å². The molecule has 0 aliphatic carbocycles. The summed E-state index contributed by atoms with van der Waals surface area (Å²) >= 11 is 0. The highest BCUT2D eigenvalue weighted by Gasteiger charge is 2.40. The number of benzene rings is 1. The summed E-state index contributed by atoms with van der Waals surface area (Å²) < 4.78 is 0. The summed E-state index contributed by atoms with van der Waals surface area (Å²) in [5.41, 5.74) is 1.03. The first kappa shape index (κ1) is 16.0. The van der Waals surface area contributed by atoms with Crippen molar-refractivity contribution in [2.75, 3.05) is 19.6 Å². The van der Waals surface area contributed by atoms with Crippen LogP contribution in [0.2, 0.25) is 0 Å². The van der Waals surface area contributed by atoms with Crippen molar-refractivity contribution in [1.29, 1.82) is 0 Å². The van der Waals surface area contributed by atoms with Gasteiger partial charge in [0.05, 0.1) is 5.41 Å². The molecule has 1 aromatic rings. The third kappa shape index (κ3) is 3.65. The molecule has 0 bridgehead atoms. The lowest BCUT2D eigenvalue weighted by molar-refractivity contribution is -0.130. The molecule has 1 unspecified atom stereocenters. The zero-order valence-electron chi connectivity index (χ0n) is 13.5. The fourth-order valence-electron chi connectivity index (χ4n) is 3.22. The second-order valence-corrected chi connectivity index (χ2v) is 6.89. The largest absolute Gasteiger partial charge is 0.355 e. The minimum absolute atomic E-state index is 0.0453. The third-order valence-corrected chi connectivity index (χ3v) is 4.70. The molecule has 0 radical (unpaired) electrons. The number of carbonyl (C=O) groups is 1. The molecule has 1 aromatic carbocycles. The average Bonchev–Trinajstić information content (AvgIpc) is 2.96. The molecule has 1 saturated heterocycles. The van der Waals surface area contributed by atoms with Crippen LogP contribution in [0.4, 0.5) is 0 Å². The van der Waals surface area contributed by atoms with Gasteiger partial charge in [0.25, 0.3) is 0 Å². The maximum absolute atomic E-state index is 12.7. The van der Waals surface area contributed by atoms with Crippen molar-refractivity contribution in [3.05, 3.63) is 35.9 Å². The first-order valence-corrected chi connectivity index (χ1v) is 8.05. The molecule has 0 aromatic heterocycles. The van der Waals surface area contributed by atoms with Crippen LogP contribution in [0, 0.1) is 5.41 Å². The molecule has 2 rings (SSSR count). The predicted molar refractivity (Wildman–Crippen MR) is 87.3 cm³/mol. The van der Waals surface area contributed by atoms with Gasteiger partial charge in [-0.05, 0) is 24.9 Å². The van der Waals surface area contributed by atoms with E-state index in [2.05, 4.69) is 55.7 Å². The fraction of sp³-hybridized carbons (Fsp3) is 0.611. The summed E-state index contributed by atoms with van der Waals surface area (Å²) in [5, 5.41) is 6.56. The van der Waals surface area contributed by atoms with E-state index in [1.54, 1.807) is 0 Å². The van der Waals surface area contributed by atoms with Gasteiger partial charge in [0.2, 0.25) is 5.91 Å². The Morgan fingerprint density at radius 1 is 1.33 bits per heavy atom. The maximum Gasteiger partial charge on any atom is 0.227 e. The van der Waals surface area contributed by atoms with Gasteiger partial charge in [0, 0.05) is 18.5 Å². The summed E-state index contributed by atoms with van der Waals surface area (Å²) in [6.07, 6.45) is 2.98. The molecule has 3 heteroatoms. The van der Waals surface area contributed by atoms with E-state index in [-0.39, 0.29) is 16.7 Å². The number of rotatable bonds is 6. The molecule has 1 aliphatic heterocycles. The first-order valence-electron chi connectivity index (χ1n) is 8.05. The van der Waals surface area contributed by atoms with Crippen LogP contribution in [0.15, 0.2) is 30.3 Å². The van der Waals surface area contributed by atoms with Crippen LogP contribution in [0.5, 0.6) is 0 Å². The molecule has 21 heavy (non-hydrogen) atoms. The van der Waals surface area contributed by atoms with Gasteiger partial charge in [-0.25, -0.2) is 0 Å². The lowest BCUT2D eigenvalue weighted by Crippen LogP contribution is -2.46. The standard InChI is InChI=1S/C18H28N2O/c1-4-10-18(11-12-19-14-18)16(21)20-13-17(2,3)15-8-6-5-7-9-15/h5-9,19H,4,10-14H2,1-3H3,(H,20,21). The normalized spacial score (nSPS) is 22.2. The molecule has 1 atom stereocenters. The van der Waals surface area contributed by atoms with Gasteiger partial charge in [0.1, 0.15) is 0 Å². The van der Waals surface area contributed by atoms with Gasteiger partial charge in [-0.1, -0.05) is 57.5 Å². The van der Waals surface area contributed by atoms with E-state index < -0.39 is 0 Å². The Bertz CT molecular complexity index is 461. The van der Waals surface area contributed by atoms with Crippen molar-refractivity contribution in [2.45, 2.75) is 45.4 Å². The summed E-state index contributed by atoms with van der Waals surface area (Å²) in [6.45, 7) is 8.97. The summed E-state index contributed by atoms with van der Waals surface area (Å²) in [6, 6.07) is 10.4. The zero-order valence-corrected chi connectivity index (χ0v) is 13.5. The summed E-state index contributed by atoms with van der Waals surface area (Å²) in [4.78, 5) is 12.7. The van der Waals surface area contributed by atoms with Gasteiger partial charge in [0.15, 0.2) is 0 Å². The Hall–Kier alpha value is -1.35.